The molecule has 0 saturated carbocycles. The van der Waals surface area contributed by atoms with Gasteiger partial charge in [-0.15, -0.1) is 24.2 Å². The molecule has 3 N–H and O–H groups in total. The number of benzene rings is 1. The first-order chi connectivity index (χ1) is 7.19. The lowest BCUT2D eigenvalue weighted by Gasteiger charge is -2.12. The quantitative estimate of drug-likeness (QED) is 0.813. The fourth-order valence-electron chi connectivity index (χ4n) is 1.19. The van der Waals surface area contributed by atoms with Crippen molar-refractivity contribution in [2.45, 2.75) is 17.9 Å². The third-order valence-corrected chi connectivity index (χ3v) is 2.88. The number of nitrogens with one attached hydrogen (secondary N) is 1. The van der Waals surface area contributed by atoms with Crippen LogP contribution in [0.5, 0.6) is 0 Å². The second kappa shape index (κ2) is 7.54. The molecule has 0 aliphatic carbocycles. The molecule has 0 heterocycles. The minimum absolute atomic E-state index is 0. The molecule has 90 valence electrons. The van der Waals surface area contributed by atoms with Crippen molar-refractivity contribution in [3.63, 3.8) is 0 Å². The molecule has 0 radical (unpaired) electrons. The second-order valence-corrected chi connectivity index (χ2v) is 4.16. The molecule has 3 nitrogen and oxygen atoms in total. The van der Waals surface area contributed by atoms with Crippen molar-refractivity contribution >= 4 is 30.1 Å². The Bertz CT molecular complexity index is 347. The van der Waals surface area contributed by atoms with Gasteiger partial charge in [-0.25, -0.2) is 0 Å². The number of rotatable bonds is 4. The Morgan fingerprint density at radius 3 is 2.69 bits per heavy atom. The number of nitrogens with two attached hydrogens (primary N) is 1. The first-order valence-corrected chi connectivity index (χ1v) is 6.05. The topological polar surface area (TPSA) is 55.1 Å². The maximum absolute atomic E-state index is 11.8. The van der Waals surface area contributed by atoms with Gasteiger partial charge >= 0.3 is 0 Å². The maximum Gasteiger partial charge on any atom is 0.252 e. The highest BCUT2D eigenvalue weighted by atomic mass is 35.5. The zero-order valence-electron chi connectivity index (χ0n) is 9.40. The second-order valence-electron chi connectivity index (χ2n) is 3.31. The Labute approximate surface area is 107 Å². The number of amides is 1. The van der Waals surface area contributed by atoms with Gasteiger partial charge < -0.3 is 11.1 Å². The van der Waals surface area contributed by atoms with E-state index in [0.29, 0.717) is 12.1 Å². The Morgan fingerprint density at radius 1 is 1.50 bits per heavy atom. The third kappa shape index (κ3) is 4.04. The van der Waals surface area contributed by atoms with Crippen molar-refractivity contribution in [1.29, 1.82) is 0 Å². The van der Waals surface area contributed by atoms with Crippen LogP contribution in [-0.2, 0) is 0 Å². The van der Waals surface area contributed by atoms with Gasteiger partial charge in [-0.05, 0) is 25.3 Å². The summed E-state index contributed by atoms with van der Waals surface area (Å²) in [5.41, 5.74) is 6.16. The van der Waals surface area contributed by atoms with Crippen LogP contribution < -0.4 is 11.1 Å². The molecule has 0 unspecified atom stereocenters. The van der Waals surface area contributed by atoms with Crippen molar-refractivity contribution < 1.29 is 4.79 Å². The van der Waals surface area contributed by atoms with Gasteiger partial charge in [0.15, 0.2) is 0 Å². The lowest BCUT2D eigenvalue weighted by Crippen LogP contribution is -2.37. The summed E-state index contributed by atoms with van der Waals surface area (Å²) in [4.78, 5) is 12.8. The van der Waals surface area contributed by atoms with Crippen LogP contribution in [0.15, 0.2) is 29.2 Å². The summed E-state index contributed by atoms with van der Waals surface area (Å²) in [7, 11) is 0. The fourth-order valence-corrected chi connectivity index (χ4v) is 1.79. The predicted molar refractivity (Wildman–Crippen MR) is 71.5 cm³/mol. The standard InChI is InChI=1S/C11H16N2OS.ClH/c1-8(7-12)13-11(14)9-5-3-4-6-10(9)15-2;/h3-6,8H,7,12H2,1-2H3,(H,13,14);1H/t8-;/m1./s1. The molecule has 0 aromatic heterocycles. The molecule has 5 heteroatoms. The number of carbonyl (C=O) groups excluding carboxylic acids is 1. The number of halogens is 1. The first-order valence-electron chi connectivity index (χ1n) is 4.83. The number of thioether (sulfide) groups is 1. The molecular formula is C11H17ClN2OS. The van der Waals surface area contributed by atoms with E-state index in [9.17, 15) is 4.79 Å². The van der Waals surface area contributed by atoms with E-state index in [4.69, 9.17) is 5.73 Å². The summed E-state index contributed by atoms with van der Waals surface area (Å²) < 4.78 is 0. The summed E-state index contributed by atoms with van der Waals surface area (Å²) in [5.74, 6) is -0.0575. The molecule has 1 aromatic rings. The minimum atomic E-state index is -0.0575. The monoisotopic (exact) mass is 260 g/mol. The van der Waals surface area contributed by atoms with Crippen LogP contribution in [-0.4, -0.2) is 24.7 Å². The van der Waals surface area contributed by atoms with Crippen LogP contribution in [0.4, 0.5) is 0 Å². The Kier molecular flexibility index (Phi) is 7.21. The molecule has 1 aromatic carbocycles. The summed E-state index contributed by atoms with van der Waals surface area (Å²) in [6.07, 6.45) is 1.96. The summed E-state index contributed by atoms with van der Waals surface area (Å²) >= 11 is 1.57. The van der Waals surface area contributed by atoms with Crippen molar-refractivity contribution in [2.75, 3.05) is 12.8 Å². The normalized spacial score (nSPS) is 11.4. The molecule has 0 fully saturated rings. The van der Waals surface area contributed by atoms with Crippen molar-refractivity contribution in [3.8, 4) is 0 Å². The van der Waals surface area contributed by atoms with Crippen molar-refractivity contribution in [2.24, 2.45) is 5.73 Å². The molecule has 1 atom stereocenters. The highest BCUT2D eigenvalue weighted by Crippen LogP contribution is 2.19. The van der Waals surface area contributed by atoms with E-state index in [1.165, 1.54) is 0 Å². The van der Waals surface area contributed by atoms with Crippen LogP contribution in [0.25, 0.3) is 0 Å². The molecule has 0 aliphatic rings. The average Bonchev–Trinajstić information content (AvgIpc) is 2.28. The number of hydrogen-bond donors (Lipinski definition) is 2. The Morgan fingerprint density at radius 2 is 2.12 bits per heavy atom. The van der Waals surface area contributed by atoms with Crippen LogP contribution in [0.1, 0.15) is 17.3 Å². The lowest BCUT2D eigenvalue weighted by molar-refractivity contribution is 0.0938. The molecule has 0 aliphatic heterocycles. The van der Waals surface area contributed by atoms with E-state index in [2.05, 4.69) is 5.32 Å². The van der Waals surface area contributed by atoms with Crippen molar-refractivity contribution in [1.82, 2.24) is 5.32 Å². The number of hydrogen-bond acceptors (Lipinski definition) is 3. The largest absolute Gasteiger partial charge is 0.348 e. The van der Waals surface area contributed by atoms with Gasteiger partial charge in [-0.2, -0.15) is 0 Å². The maximum atomic E-state index is 11.8. The van der Waals surface area contributed by atoms with E-state index in [1.807, 2.05) is 37.4 Å². The Balaban J connectivity index is 0.00000225. The zero-order valence-corrected chi connectivity index (χ0v) is 11.0. The minimum Gasteiger partial charge on any atom is -0.348 e. The van der Waals surface area contributed by atoms with Gasteiger partial charge in [0, 0.05) is 17.5 Å². The zero-order chi connectivity index (χ0) is 11.3. The summed E-state index contributed by atoms with van der Waals surface area (Å²) in [6, 6.07) is 7.56. The van der Waals surface area contributed by atoms with Gasteiger partial charge in [0.05, 0.1) is 5.56 Å². The molecular weight excluding hydrogens is 244 g/mol. The molecule has 1 amide bonds. The highest BCUT2D eigenvalue weighted by Gasteiger charge is 2.11. The lowest BCUT2D eigenvalue weighted by atomic mass is 10.2. The van der Waals surface area contributed by atoms with Gasteiger partial charge in [0.2, 0.25) is 0 Å². The van der Waals surface area contributed by atoms with Gasteiger partial charge in [-0.1, -0.05) is 12.1 Å². The van der Waals surface area contributed by atoms with E-state index in [1.54, 1.807) is 11.8 Å². The van der Waals surface area contributed by atoms with E-state index in [0.717, 1.165) is 4.90 Å². The summed E-state index contributed by atoms with van der Waals surface area (Å²) in [6.45, 7) is 2.34. The predicted octanol–water partition coefficient (Wildman–Crippen LogP) is 1.91. The van der Waals surface area contributed by atoms with Crippen LogP contribution >= 0.6 is 24.2 Å². The first kappa shape index (κ1) is 15.3. The molecule has 1 rings (SSSR count). The molecule has 0 bridgehead atoms. The van der Waals surface area contributed by atoms with Crippen LogP contribution in [0.2, 0.25) is 0 Å². The van der Waals surface area contributed by atoms with Crippen LogP contribution in [0.3, 0.4) is 0 Å². The van der Waals surface area contributed by atoms with Crippen LogP contribution in [0, 0.1) is 0 Å². The van der Waals surface area contributed by atoms with E-state index in [-0.39, 0.29) is 24.4 Å². The fraction of sp³-hybridized carbons (Fsp3) is 0.364. The third-order valence-electron chi connectivity index (χ3n) is 2.08. The number of carbonyl (C=O) groups is 1. The van der Waals surface area contributed by atoms with Gasteiger partial charge in [-0.3, -0.25) is 4.79 Å². The average molecular weight is 261 g/mol. The SMILES string of the molecule is CSc1ccccc1C(=O)N[C@H](C)CN.Cl. The molecule has 16 heavy (non-hydrogen) atoms. The Hall–Kier alpha value is -0.710. The van der Waals surface area contributed by atoms with E-state index >= 15 is 0 Å². The van der Waals surface area contributed by atoms with Gasteiger partial charge in [0.1, 0.15) is 0 Å². The van der Waals surface area contributed by atoms with Crippen molar-refractivity contribution in [3.05, 3.63) is 29.8 Å². The smallest absolute Gasteiger partial charge is 0.252 e. The molecule has 0 saturated heterocycles. The molecule has 0 spiro atoms. The summed E-state index contributed by atoms with van der Waals surface area (Å²) in [5, 5.41) is 2.84. The van der Waals surface area contributed by atoms with E-state index < -0.39 is 0 Å². The highest BCUT2D eigenvalue weighted by molar-refractivity contribution is 7.98. The van der Waals surface area contributed by atoms with Gasteiger partial charge in [0.25, 0.3) is 5.91 Å².